The molecule has 7 heteroatoms. The summed E-state index contributed by atoms with van der Waals surface area (Å²) in [5.41, 5.74) is 7.83. The molecule has 0 fully saturated rings. The normalized spacial score (nSPS) is 12.0. The molecule has 0 radical (unpaired) electrons. The summed E-state index contributed by atoms with van der Waals surface area (Å²) in [4.78, 5) is 32.9. The molecule has 3 aromatic rings. The van der Waals surface area contributed by atoms with Gasteiger partial charge in [-0.25, -0.2) is 4.98 Å². The van der Waals surface area contributed by atoms with Crippen molar-refractivity contribution in [3.63, 3.8) is 0 Å². The Balaban J connectivity index is 1.75. The average Bonchev–Trinajstić information content (AvgIpc) is 3.20. The molecule has 1 aromatic heterocycles. The first-order chi connectivity index (χ1) is 13.5. The molecular formula is C21H24N4O3. The first kappa shape index (κ1) is 19.6. The number of H-pyrrole nitrogens is 1. The summed E-state index contributed by atoms with van der Waals surface area (Å²) in [5.74, 6) is 0.0591. The number of benzene rings is 2. The Morgan fingerprint density at radius 3 is 2.79 bits per heavy atom. The lowest BCUT2D eigenvalue weighted by Crippen LogP contribution is -2.47. The van der Waals surface area contributed by atoms with Crippen molar-refractivity contribution in [3.8, 4) is 5.75 Å². The lowest BCUT2D eigenvalue weighted by atomic mass is 10.0. The Kier molecular flexibility index (Phi) is 6.06. The summed E-state index contributed by atoms with van der Waals surface area (Å²) in [5, 5.41) is 2.12. The number of methoxy groups -OCH3 is 1. The first-order valence-electron chi connectivity index (χ1n) is 9.10. The molecule has 0 saturated carbocycles. The van der Waals surface area contributed by atoms with E-state index in [9.17, 15) is 9.59 Å². The summed E-state index contributed by atoms with van der Waals surface area (Å²) >= 11 is 0. The lowest BCUT2D eigenvalue weighted by Gasteiger charge is -2.23. The van der Waals surface area contributed by atoms with Gasteiger partial charge >= 0.3 is 0 Å². The molecule has 0 bridgehead atoms. The van der Waals surface area contributed by atoms with Crippen LogP contribution in [-0.2, 0) is 22.4 Å². The zero-order valence-corrected chi connectivity index (χ0v) is 16.0. The number of fused-ring (bicyclic) bond motifs is 1. The number of aromatic amines is 1. The van der Waals surface area contributed by atoms with Crippen molar-refractivity contribution >= 4 is 22.6 Å². The van der Waals surface area contributed by atoms with Crippen LogP contribution in [0.3, 0.4) is 0 Å². The number of nitrogens with one attached hydrogen (secondary N) is 1. The monoisotopic (exact) mass is 380 g/mol. The van der Waals surface area contributed by atoms with E-state index in [1.807, 2.05) is 36.4 Å². The van der Waals surface area contributed by atoms with Crippen LogP contribution in [-0.4, -0.2) is 46.4 Å². The minimum Gasteiger partial charge on any atom is -0.497 e. The smallest absolute Gasteiger partial charge is 0.246 e. The maximum atomic E-state index is 12.7. The van der Waals surface area contributed by atoms with Gasteiger partial charge in [-0.1, -0.05) is 24.3 Å². The van der Waals surface area contributed by atoms with Gasteiger partial charge in [-0.05, 0) is 34.9 Å². The largest absolute Gasteiger partial charge is 0.497 e. The van der Waals surface area contributed by atoms with E-state index >= 15 is 0 Å². The third-order valence-electron chi connectivity index (χ3n) is 4.74. The van der Waals surface area contributed by atoms with E-state index in [2.05, 4.69) is 9.97 Å². The number of carbonyl (C=O) groups is 2. The SMILES string of the molecule is COc1ccc2cccc(CCN(C(C)=O)C(=O)C(N)Cc3cnc[nH]3)c2c1. The highest BCUT2D eigenvalue weighted by Gasteiger charge is 2.24. The summed E-state index contributed by atoms with van der Waals surface area (Å²) in [6.45, 7) is 1.65. The van der Waals surface area contributed by atoms with Crippen molar-refractivity contribution in [3.05, 3.63) is 60.2 Å². The van der Waals surface area contributed by atoms with Crippen LogP contribution in [0.1, 0.15) is 18.2 Å². The van der Waals surface area contributed by atoms with Crippen molar-refractivity contribution in [2.75, 3.05) is 13.7 Å². The number of amides is 2. The van der Waals surface area contributed by atoms with Crippen LogP contribution in [0.4, 0.5) is 0 Å². The van der Waals surface area contributed by atoms with Crippen molar-refractivity contribution in [2.45, 2.75) is 25.8 Å². The molecule has 2 aromatic carbocycles. The minimum atomic E-state index is -0.808. The van der Waals surface area contributed by atoms with Crippen LogP contribution in [0.25, 0.3) is 10.8 Å². The van der Waals surface area contributed by atoms with E-state index in [-0.39, 0.29) is 18.4 Å². The quantitative estimate of drug-likeness (QED) is 0.653. The molecule has 146 valence electrons. The van der Waals surface area contributed by atoms with Gasteiger partial charge in [-0.3, -0.25) is 14.5 Å². The number of hydrogen-bond donors (Lipinski definition) is 2. The Bertz CT molecular complexity index is 969. The van der Waals surface area contributed by atoms with Crippen LogP contribution in [0.5, 0.6) is 5.75 Å². The van der Waals surface area contributed by atoms with Gasteiger partial charge in [0.2, 0.25) is 11.8 Å². The molecule has 7 nitrogen and oxygen atoms in total. The second kappa shape index (κ2) is 8.67. The molecule has 2 amide bonds. The van der Waals surface area contributed by atoms with Crippen LogP contribution in [0.15, 0.2) is 48.9 Å². The summed E-state index contributed by atoms with van der Waals surface area (Å²) in [6.07, 6.45) is 3.99. The highest BCUT2D eigenvalue weighted by molar-refractivity contribution is 5.97. The zero-order chi connectivity index (χ0) is 20.1. The summed E-state index contributed by atoms with van der Waals surface area (Å²) < 4.78 is 5.32. The van der Waals surface area contributed by atoms with Gasteiger partial charge in [0.15, 0.2) is 0 Å². The Hall–Kier alpha value is -3.19. The molecule has 0 spiro atoms. The van der Waals surface area contributed by atoms with Crippen LogP contribution < -0.4 is 10.5 Å². The number of imide groups is 1. The second-order valence-electron chi connectivity index (χ2n) is 6.65. The van der Waals surface area contributed by atoms with Gasteiger partial charge in [-0.15, -0.1) is 0 Å². The van der Waals surface area contributed by atoms with E-state index < -0.39 is 6.04 Å². The Labute approximate surface area is 163 Å². The molecule has 1 heterocycles. The fraction of sp³-hybridized carbons (Fsp3) is 0.286. The van der Waals surface area contributed by atoms with Crippen LogP contribution in [0.2, 0.25) is 0 Å². The molecular weight excluding hydrogens is 356 g/mol. The summed E-state index contributed by atoms with van der Waals surface area (Å²) in [7, 11) is 1.63. The Morgan fingerprint density at radius 1 is 1.29 bits per heavy atom. The second-order valence-corrected chi connectivity index (χ2v) is 6.65. The van der Waals surface area contributed by atoms with Crippen LogP contribution >= 0.6 is 0 Å². The first-order valence-corrected chi connectivity index (χ1v) is 9.10. The fourth-order valence-electron chi connectivity index (χ4n) is 3.24. The molecule has 0 saturated heterocycles. The number of hydrogen-bond acceptors (Lipinski definition) is 5. The van der Waals surface area contributed by atoms with Gasteiger partial charge < -0.3 is 15.5 Å². The number of ether oxygens (including phenoxy) is 1. The maximum absolute atomic E-state index is 12.7. The molecule has 1 unspecified atom stereocenters. The number of carbonyl (C=O) groups excluding carboxylic acids is 2. The number of aromatic nitrogens is 2. The average molecular weight is 380 g/mol. The van der Waals surface area contributed by atoms with E-state index in [1.165, 1.54) is 18.2 Å². The number of nitrogens with two attached hydrogens (primary N) is 1. The number of rotatable bonds is 7. The van der Waals surface area contributed by atoms with Gasteiger partial charge in [-0.2, -0.15) is 0 Å². The van der Waals surface area contributed by atoms with Gasteiger partial charge in [0.25, 0.3) is 0 Å². The summed E-state index contributed by atoms with van der Waals surface area (Å²) in [6, 6.07) is 11.0. The van der Waals surface area contributed by atoms with Crippen LogP contribution in [0, 0.1) is 0 Å². The van der Waals surface area contributed by atoms with Gasteiger partial charge in [0.05, 0.1) is 19.5 Å². The molecule has 3 rings (SSSR count). The Morgan fingerprint density at radius 2 is 2.11 bits per heavy atom. The van der Waals surface area contributed by atoms with Crippen molar-refractivity contribution in [1.29, 1.82) is 0 Å². The highest BCUT2D eigenvalue weighted by Crippen LogP contribution is 2.24. The molecule has 0 aliphatic carbocycles. The van der Waals surface area contributed by atoms with Gasteiger partial charge in [0, 0.05) is 31.8 Å². The standard InChI is InChI=1S/C21H24N4O3/c1-14(26)25(21(27)20(22)10-17-12-23-13-24-17)9-8-16-5-3-4-15-6-7-18(28-2)11-19(15)16/h3-7,11-13,20H,8-10,22H2,1-2H3,(H,23,24). The highest BCUT2D eigenvalue weighted by atomic mass is 16.5. The van der Waals surface area contributed by atoms with E-state index in [1.54, 1.807) is 13.3 Å². The van der Waals surface area contributed by atoms with Crippen molar-refractivity contribution in [2.24, 2.45) is 5.73 Å². The predicted octanol–water partition coefficient (Wildman–Crippen LogP) is 2.06. The van der Waals surface area contributed by atoms with E-state index in [0.29, 0.717) is 12.8 Å². The molecule has 0 aliphatic rings. The fourth-order valence-corrected chi connectivity index (χ4v) is 3.24. The lowest BCUT2D eigenvalue weighted by molar-refractivity contribution is -0.144. The maximum Gasteiger partial charge on any atom is 0.246 e. The number of nitrogens with zero attached hydrogens (tertiary/aromatic N) is 2. The van der Waals surface area contributed by atoms with Crippen molar-refractivity contribution < 1.29 is 14.3 Å². The number of imidazole rings is 1. The zero-order valence-electron chi connectivity index (χ0n) is 16.0. The third-order valence-corrected chi connectivity index (χ3v) is 4.74. The molecule has 1 atom stereocenters. The predicted molar refractivity (Wildman–Crippen MR) is 107 cm³/mol. The molecule has 0 aliphatic heterocycles. The topological polar surface area (TPSA) is 101 Å². The minimum absolute atomic E-state index is 0.265. The van der Waals surface area contributed by atoms with Crippen molar-refractivity contribution in [1.82, 2.24) is 14.9 Å². The van der Waals surface area contributed by atoms with E-state index in [4.69, 9.17) is 10.5 Å². The molecule has 3 N–H and O–H groups in total. The van der Waals surface area contributed by atoms with Gasteiger partial charge in [0.1, 0.15) is 5.75 Å². The third kappa shape index (κ3) is 4.37. The van der Waals surface area contributed by atoms with E-state index in [0.717, 1.165) is 27.8 Å². The molecule has 28 heavy (non-hydrogen) atoms.